The molecule has 0 saturated carbocycles. The third-order valence-electron chi connectivity index (χ3n) is 5.41. The van der Waals surface area contributed by atoms with Crippen molar-refractivity contribution in [1.82, 2.24) is 4.90 Å². The third kappa shape index (κ3) is 6.72. The van der Waals surface area contributed by atoms with Crippen LogP contribution < -0.4 is 9.47 Å². The van der Waals surface area contributed by atoms with Gasteiger partial charge in [0, 0.05) is 25.7 Å². The Balaban J connectivity index is 1.52. The third-order valence-corrected chi connectivity index (χ3v) is 7.01. The molecule has 1 saturated heterocycles. The Kier molecular flexibility index (Phi) is 8.13. The van der Waals surface area contributed by atoms with Crippen LogP contribution in [0.2, 0.25) is 0 Å². The summed E-state index contributed by atoms with van der Waals surface area (Å²) in [6, 6.07) is 13.4. The van der Waals surface area contributed by atoms with Gasteiger partial charge in [-0.3, -0.25) is 4.90 Å². The first-order valence-electron chi connectivity index (χ1n) is 10.3. The summed E-state index contributed by atoms with van der Waals surface area (Å²) in [5.74, 6) is 1.46. The lowest BCUT2D eigenvalue weighted by atomic mass is 10.1. The van der Waals surface area contributed by atoms with Gasteiger partial charge in [-0.1, -0.05) is 30.3 Å². The zero-order valence-electron chi connectivity index (χ0n) is 17.8. The molecule has 7 heteroatoms. The molecule has 0 aliphatic carbocycles. The quantitative estimate of drug-likeness (QED) is 0.574. The number of morpholine rings is 1. The molecule has 0 N–H and O–H groups in total. The van der Waals surface area contributed by atoms with Crippen LogP contribution in [0.4, 0.5) is 0 Å². The molecular formula is C23H31NO5S. The first kappa shape index (κ1) is 22.6. The number of hydrogen-bond donors (Lipinski definition) is 0. The Morgan fingerprint density at radius 1 is 0.933 bits per heavy atom. The molecule has 0 amide bonds. The van der Waals surface area contributed by atoms with E-state index >= 15 is 0 Å². The zero-order valence-corrected chi connectivity index (χ0v) is 18.6. The summed E-state index contributed by atoms with van der Waals surface area (Å²) in [7, 11) is -0.0578. The number of hydrogen-bond acceptors (Lipinski definition) is 6. The van der Waals surface area contributed by atoms with E-state index in [0.717, 1.165) is 50.4 Å². The monoisotopic (exact) mass is 433 g/mol. The topological polar surface area (TPSA) is 65.1 Å². The molecule has 6 nitrogen and oxygen atoms in total. The van der Waals surface area contributed by atoms with Gasteiger partial charge >= 0.3 is 0 Å². The molecule has 164 valence electrons. The fraction of sp³-hybridized carbons (Fsp3) is 0.478. The Hall–Kier alpha value is -2.09. The smallest absolute Gasteiger partial charge is 0.154 e. The van der Waals surface area contributed by atoms with Crippen molar-refractivity contribution in [1.29, 1.82) is 0 Å². The maximum absolute atomic E-state index is 12.6. The highest BCUT2D eigenvalue weighted by Crippen LogP contribution is 2.25. The predicted octanol–water partition coefficient (Wildman–Crippen LogP) is 2.74. The summed E-state index contributed by atoms with van der Waals surface area (Å²) >= 11 is 0. The summed E-state index contributed by atoms with van der Waals surface area (Å²) in [5.41, 5.74) is 2.91. The molecule has 0 spiro atoms. The number of ether oxygens (including phenoxy) is 3. The molecule has 0 bridgehead atoms. The van der Waals surface area contributed by atoms with Gasteiger partial charge in [0.15, 0.2) is 9.84 Å². The molecule has 1 fully saturated rings. The van der Waals surface area contributed by atoms with E-state index in [9.17, 15) is 8.42 Å². The number of sulfone groups is 1. The van der Waals surface area contributed by atoms with Gasteiger partial charge in [0.05, 0.1) is 38.9 Å². The van der Waals surface area contributed by atoms with Gasteiger partial charge < -0.3 is 14.2 Å². The van der Waals surface area contributed by atoms with Gasteiger partial charge in [-0.15, -0.1) is 0 Å². The van der Waals surface area contributed by atoms with Crippen molar-refractivity contribution in [2.75, 3.05) is 52.8 Å². The lowest BCUT2D eigenvalue weighted by molar-refractivity contribution is 0.0384. The van der Waals surface area contributed by atoms with E-state index in [1.54, 1.807) is 20.3 Å². The van der Waals surface area contributed by atoms with Crippen molar-refractivity contribution in [3.8, 4) is 11.5 Å². The molecule has 30 heavy (non-hydrogen) atoms. The summed E-state index contributed by atoms with van der Waals surface area (Å²) in [6.07, 6.45) is 1.37. The maximum Gasteiger partial charge on any atom is 0.154 e. The van der Waals surface area contributed by atoms with Crippen LogP contribution in [0, 0.1) is 0 Å². The molecule has 1 heterocycles. The zero-order chi connectivity index (χ0) is 21.4. The molecule has 0 atom stereocenters. The van der Waals surface area contributed by atoms with Crippen LogP contribution in [0.3, 0.4) is 0 Å². The minimum absolute atomic E-state index is 0.0508. The van der Waals surface area contributed by atoms with Crippen molar-refractivity contribution in [2.45, 2.75) is 18.6 Å². The van der Waals surface area contributed by atoms with Crippen molar-refractivity contribution in [3.63, 3.8) is 0 Å². The summed E-state index contributed by atoms with van der Waals surface area (Å²) < 4.78 is 41.2. The highest BCUT2D eigenvalue weighted by Gasteiger charge is 2.15. The van der Waals surface area contributed by atoms with E-state index in [1.807, 2.05) is 36.4 Å². The Morgan fingerprint density at radius 2 is 1.63 bits per heavy atom. The van der Waals surface area contributed by atoms with Crippen LogP contribution in [0.5, 0.6) is 11.5 Å². The van der Waals surface area contributed by atoms with Gasteiger partial charge in [0.2, 0.25) is 0 Å². The summed E-state index contributed by atoms with van der Waals surface area (Å²) in [5, 5.41) is 0. The summed E-state index contributed by atoms with van der Waals surface area (Å²) in [4.78, 5) is 2.40. The average molecular weight is 434 g/mol. The molecule has 3 rings (SSSR count). The fourth-order valence-electron chi connectivity index (χ4n) is 3.56. The molecule has 1 aliphatic rings. The number of rotatable bonds is 10. The number of aryl methyl sites for hydroxylation is 1. The minimum Gasteiger partial charge on any atom is -0.497 e. The molecule has 2 aromatic rings. The molecule has 2 aromatic carbocycles. The van der Waals surface area contributed by atoms with E-state index in [1.165, 1.54) is 5.56 Å². The molecule has 0 unspecified atom stereocenters. The molecule has 1 aliphatic heterocycles. The maximum atomic E-state index is 12.6. The second-order valence-electron chi connectivity index (χ2n) is 7.54. The van der Waals surface area contributed by atoms with E-state index in [-0.39, 0.29) is 11.5 Å². The van der Waals surface area contributed by atoms with Gasteiger partial charge in [-0.25, -0.2) is 8.42 Å². The highest BCUT2D eigenvalue weighted by molar-refractivity contribution is 7.90. The van der Waals surface area contributed by atoms with Crippen molar-refractivity contribution >= 4 is 9.84 Å². The normalized spacial score (nSPS) is 15.1. The van der Waals surface area contributed by atoms with Crippen LogP contribution in [0.1, 0.15) is 16.7 Å². The van der Waals surface area contributed by atoms with Gasteiger partial charge in [-0.2, -0.15) is 0 Å². The van der Waals surface area contributed by atoms with Crippen molar-refractivity contribution in [2.24, 2.45) is 0 Å². The van der Waals surface area contributed by atoms with Gasteiger partial charge in [-0.05, 0) is 35.6 Å². The Bertz CT molecular complexity index is 906. The molecular weight excluding hydrogens is 402 g/mol. The van der Waals surface area contributed by atoms with E-state index in [0.29, 0.717) is 17.9 Å². The fourth-order valence-corrected chi connectivity index (χ4v) is 4.94. The van der Waals surface area contributed by atoms with E-state index < -0.39 is 9.84 Å². The molecule has 0 radical (unpaired) electrons. The minimum atomic E-state index is -3.22. The largest absolute Gasteiger partial charge is 0.497 e. The standard InChI is InChI=1S/C23H31NO5S/c1-27-22-8-7-21(23(17-22)28-2)10-16-30(25,26)18-20-5-3-19(4-6-20)9-11-24-12-14-29-15-13-24/h3-8,17H,9-16,18H2,1-2H3. The molecule has 0 aromatic heterocycles. The average Bonchev–Trinajstić information content (AvgIpc) is 2.77. The SMILES string of the molecule is COc1ccc(CCS(=O)(=O)Cc2ccc(CCN3CCOCC3)cc2)c(OC)c1. The predicted molar refractivity (Wildman–Crippen MR) is 118 cm³/mol. The number of nitrogens with zero attached hydrogens (tertiary/aromatic N) is 1. The van der Waals surface area contributed by atoms with Crippen molar-refractivity contribution in [3.05, 3.63) is 59.2 Å². The van der Waals surface area contributed by atoms with Crippen molar-refractivity contribution < 1.29 is 22.6 Å². The van der Waals surface area contributed by atoms with Crippen LogP contribution in [-0.2, 0) is 33.2 Å². The van der Waals surface area contributed by atoms with Gasteiger partial charge in [0.25, 0.3) is 0 Å². The lowest BCUT2D eigenvalue weighted by Gasteiger charge is -2.26. The lowest BCUT2D eigenvalue weighted by Crippen LogP contribution is -2.37. The van der Waals surface area contributed by atoms with Crippen LogP contribution in [0.25, 0.3) is 0 Å². The first-order chi connectivity index (χ1) is 14.5. The van der Waals surface area contributed by atoms with Crippen LogP contribution >= 0.6 is 0 Å². The second kappa shape index (κ2) is 10.8. The van der Waals surface area contributed by atoms with Gasteiger partial charge in [0.1, 0.15) is 11.5 Å². The number of methoxy groups -OCH3 is 2. The van der Waals surface area contributed by atoms with Crippen LogP contribution in [0.15, 0.2) is 42.5 Å². The Labute approximate surface area is 179 Å². The summed E-state index contributed by atoms with van der Waals surface area (Å²) in [6.45, 7) is 4.58. The Morgan fingerprint density at radius 3 is 2.30 bits per heavy atom. The van der Waals surface area contributed by atoms with Crippen LogP contribution in [-0.4, -0.2) is 66.1 Å². The number of benzene rings is 2. The second-order valence-corrected chi connectivity index (χ2v) is 9.72. The van der Waals surface area contributed by atoms with E-state index in [2.05, 4.69) is 4.90 Å². The van der Waals surface area contributed by atoms with E-state index in [4.69, 9.17) is 14.2 Å². The highest BCUT2D eigenvalue weighted by atomic mass is 32.2. The first-order valence-corrected chi connectivity index (χ1v) is 12.1.